The Labute approximate surface area is 112 Å². The number of alkyl halides is 4. The molecule has 1 aromatic rings. The minimum atomic E-state index is -4.37. The molecule has 0 aliphatic heterocycles. The number of rotatable bonds is 4. The number of carbonyl (C=O) groups is 1. The third-order valence-corrected chi connectivity index (χ3v) is 2.81. The Morgan fingerprint density at radius 3 is 2.67 bits per heavy atom. The van der Waals surface area contributed by atoms with E-state index in [9.17, 15) is 18.0 Å². The van der Waals surface area contributed by atoms with Crippen molar-refractivity contribution < 1.29 is 18.0 Å². The molecule has 0 aliphatic carbocycles. The average molecular weight is 324 g/mol. The standard InChI is InChI=1S/C12H13BrF3NO/c1-8(17-11(18)5-6-13)9-3-2-4-10(7-9)12(14,15)16/h2-4,7-8H,5-6H2,1H3,(H,17,18). The predicted octanol–water partition coefficient (Wildman–Crippen LogP) is 3.67. The summed E-state index contributed by atoms with van der Waals surface area (Å²) >= 11 is 3.12. The van der Waals surface area contributed by atoms with Crippen molar-refractivity contribution in [3.8, 4) is 0 Å². The molecule has 1 unspecified atom stereocenters. The van der Waals surface area contributed by atoms with Gasteiger partial charge in [-0.3, -0.25) is 4.79 Å². The van der Waals surface area contributed by atoms with Crippen molar-refractivity contribution in [3.05, 3.63) is 35.4 Å². The quantitative estimate of drug-likeness (QED) is 0.842. The number of amides is 1. The zero-order chi connectivity index (χ0) is 13.8. The van der Waals surface area contributed by atoms with Gasteiger partial charge in [0.1, 0.15) is 0 Å². The van der Waals surface area contributed by atoms with Gasteiger partial charge < -0.3 is 5.32 Å². The highest BCUT2D eigenvalue weighted by Gasteiger charge is 2.30. The molecule has 1 N–H and O–H groups in total. The highest BCUT2D eigenvalue weighted by molar-refractivity contribution is 9.09. The summed E-state index contributed by atoms with van der Waals surface area (Å²) in [6.45, 7) is 1.65. The first-order valence-corrected chi connectivity index (χ1v) is 6.49. The molecule has 1 atom stereocenters. The van der Waals surface area contributed by atoms with Crippen molar-refractivity contribution in [1.29, 1.82) is 0 Å². The molecule has 0 fully saturated rings. The number of nitrogens with one attached hydrogen (secondary N) is 1. The van der Waals surface area contributed by atoms with Crippen LogP contribution in [0.4, 0.5) is 13.2 Å². The van der Waals surface area contributed by atoms with Gasteiger partial charge >= 0.3 is 6.18 Å². The third kappa shape index (κ3) is 4.33. The molecule has 0 aliphatic rings. The van der Waals surface area contributed by atoms with E-state index in [1.165, 1.54) is 6.07 Å². The van der Waals surface area contributed by atoms with E-state index >= 15 is 0 Å². The molecule has 1 rings (SSSR count). The molecule has 2 nitrogen and oxygen atoms in total. The van der Waals surface area contributed by atoms with E-state index in [0.717, 1.165) is 12.1 Å². The largest absolute Gasteiger partial charge is 0.416 e. The molecular formula is C12H13BrF3NO. The SMILES string of the molecule is CC(NC(=O)CCBr)c1cccc(C(F)(F)F)c1. The van der Waals surface area contributed by atoms with Crippen LogP contribution in [0.25, 0.3) is 0 Å². The summed E-state index contributed by atoms with van der Waals surface area (Å²) in [5.74, 6) is -0.197. The Hall–Kier alpha value is -1.04. The first kappa shape index (κ1) is 15.0. The Bertz CT molecular complexity index is 420. The smallest absolute Gasteiger partial charge is 0.350 e. The van der Waals surface area contributed by atoms with E-state index in [1.54, 1.807) is 13.0 Å². The summed E-state index contributed by atoms with van der Waals surface area (Å²) in [5.41, 5.74) is -0.269. The number of carbonyl (C=O) groups excluding carboxylic acids is 1. The van der Waals surface area contributed by atoms with Gasteiger partial charge in [-0.1, -0.05) is 28.1 Å². The van der Waals surface area contributed by atoms with Crippen LogP contribution < -0.4 is 5.32 Å². The normalized spacial score (nSPS) is 13.2. The number of halogens is 4. The second-order valence-electron chi connectivity index (χ2n) is 3.85. The fourth-order valence-electron chi connectivity index (χ4n) is 1.47. The molecule has 0 aromatic heterocycles. The van der Waals surface area contributed by atoms with Crippen molar-refractivity contribution in [2.24, 2.45) is 0 Å². The zero-order valence-electron chi connectivity index (χ0n) is 9.72. The second kappa shape index (κ2) is 6.22. The van der Waals surface area contributed by atoms with Crippen LogP contribution in [0.1, 0.15) is 30.5 Å². The van der Waals surface area contributed by atoms with Crippen LogP contribution in [0.15, 0.2) is 24.3 Å². The van der Waals surface area contributed by atoms with E-state index in [-0.39, 0.29) is 5.91 Å². The van der Waals surface area contributed by atoms with Crippen molar-refractivity contribution in [2.75, 3.05) is 5.33 Å². The summed E-state index contributed by atoms with van der Waals surface area (Å²) in [6, 6.07) is 4.52. The number of hydrogen-bond donors (Lipinski definition) is 1. The maximum absolute atomic E-state index is 12.5. The fourth-order valence-corrected chi connectivity index (χ4v) is 1.83. The van der Waals surface area contributed by atoms with E-state index < -0.39 is 17.8 Å². The molecule has 0 radical (unpaired) electrons. The van der Waals surface area contributed by atoms with Gasteiger partial charge in [0.15, 0.2) is 0 Å². The molecule has 1 amide bonds. The van der Waals surface area contributed by atoms with E-state index in [4.69, 9.17) is 0 Å². The summed E-state index contributed by atoms with van der Waals surface area (Å²) < 4.78 is 37.6. The van der Waals surface area contributed by atoms with Crippen LogP contribution in [0.5, 0.6) is 0 Å². The molecule has 0 heterocycles. The van der Waals surface area contributed by atoms with Crippen molar-refractivity contribution in [1.82, 2.24) is 5.32 Å². The molecule has 0 bridgehead atoms. The fraction of sp³-hybridized carbons (Fsp3) is 0.417. The summed E-state index contributed by atoms with van der Waals surface area (Å²) in [5, 5.41) is 3.16. The highest BCUT2D eigenvalue weighted by atomic mass is 79.9. The van der Waals surface area contributed by atoms with Crippen LogP contribution in [-0.2, 0) is 11.0 Å². The van der Waals surface area contributed by atoms with Crippen molar-refractivity contribution in [2.45, 2.75) is 25.6 Å². The lowest BCUT2D eigenvalue weighted by Gasteiger charge is -2.16. The Morgan fingerprint density at radius 2 is 2.11 bits per heavy atom. The Balaban J connectivity index is 2.80. The summed E-state index contributed by atoms with van der Waals surface area (Å²) in [6.07, 6.45) is -4.07. The Morgan fingerprint density at radius 1 is 1.44 bits per heavy atom. The number of hydrogen-bond acceptors (Lipinski definition) is 1. The molecule has 18 heavy (non-hydrogen) atoms. The number of benzene rings is 1. The van der Waals surface area contributed by atoms with Gasteiger partial charge in [-0.05, 0) is 24.6 Å². The maximum atomic E-state index is 12.5. The molecule has 0 saturated heterocycles. The van der Waals surface area contributed by atoms with E-state index in [2.05, 4.69) is 21.2 Å². The van der Waals surface area contributed by atoms with Gasteiger partial charge in [0.05, 0.1) is 11.6 Å². The van der Waals surface area contributed by atoms with E-state index in [1.807, 2.05) is 0 Å². The monoisotopic (exact) mass is 323 g/mol. The maximum Gasteiger partial charge on any atom is 0.416 e. The topological polar surface area (TPSA) is 29.1 Å². The molecule has 0 spiro atoms. The third-order valence-electron chi connectivity index (χ3n) is 2.41. The molecular weight excluding hydrogens is 311 g/mol. The van der Waals surface area contributed by atoms with Crippen LogP contribution in [-0.4, -0.2) is 11.2 Å². The van der Waals surface area contributed by atoms with Crippen molar-refractivity contribution in [3.63, 3.8) is 0 Å². The summed E-state index contributed by atoms with van der Waals surface area (Å²) in [4.78, 5) is 11.3. The minimum absolute atomic E-state index is 0.197. The van der Waals surface area contributed by atoms with Crippen LogP contribution in [0, 0.1) is 0 Å². The van der Waals surface area contributed by atoms with Crippen LogP contribution in [0.3, 0.4) is 0 Å². The average Bonchev–Trinajstić information content (AvgIpc) is 2.28. The lowest BCUT2D eigenvalue weighted by Crippen LogP contribution is -2.26. The van der Waals surface area contributed by atoms with E-state index in [0.29, 0.717) is 17.3 Å². The van der Waals surface area contributed by atoms with Gasteiger partial charge in [0.2, 0.25) is 5.91 Å². The van der Waals surface area contributed by atoms with Crippen molar-refractivity contribution >= 4 is 21.8 Å². The lowest BCUT2D eigenvalue weighted by atomic mass is 10.0. The van der Waals surface area contributed by atoms with Gasteiger partial charge in [-0.15, -0.1) is 0 Å². The molecule has 6 heteroatoms. The first-order chi connectivity index (χ1) is 8.34. The predicted molar refractivity (Wildman–Crippen MR) is 66.4 cm³/mol. The highest BCUT2D eigenvalue weighted by Crippen LogP contribution is 2.30. The summed E-state index contributed by atoms with van der Waals surface area (Å²) in [7, 11) is 0. The molecule has 100 valence electrons. The minimum Gasteiger partial charge on any atom is -0.350 e. The lowest BCUT2D eigenvalue weighted by molar-refractivity contribution is -0.137. The first-order valence-electron chi connectivity index (χ1n) is 5.37. The zero-order valence-corrected chi connectivity index (χ0v) is 11.3. The van der Waals surface area contributed by atoms with Crippen LogP contribution >= 0.6 is 15.9 Å². The molecule has 1 aromatic carbocycles. The van der Waals surface area contributed by atoms with Gasteiger partial charge in [0.25, 0.3) is 0 Å². The van der Waals surface area contributed by atoms with Crippen LogP contribution in [0.2, 0.25) is 0 Å². The van der Waals surface area contributed by atoms with Gasteiger partial charge in [-0.25, -0.2) is 0 Å². The van der Waals surface area contributed by atoms with Gasteiger partial charge in [-0.2, -0.15) is 13.2 Å². The van der Waals surface area contributed by atoms with Gasteiger partial charge in [0, 0.05) is 11.8 Å². The molecule has 0 saturated carbocycles. The Kier molecular flexibility index (Phi) is 5.19. The second-order valence-corrected chi connectivity index (χ2v) is 4.64.